The lowest BCUT2D eigenvalue weighted by Gasteiger charge is -2.14. The van der Waals surface area contributed by atoms with E-state index in [1.54, 1.807) is 12.1 Å². The molecule has 0 aliphatic heterocycles. The first-order valence-electron chi connectivity index (χ1n) is 4.94. The van der Waals surface area contributed by atoms with Crippen LogP contribution >= 0.6 is 0 Å². The molecule has 1 aromatic carbocycles. The van der Waals surface area contributed by atoms with E-state index in [0.29, 0.717) is 5.69 Å². The highest BCUT2D eigenvalue weighted by atomic mass is 16.6. The number of nitro groups is 1. The fourth-order valence-corrected chi connectivity index (χ4v) is 1.42. The maximum Gasteiger partial charge on any atom is 0.292 e. The van der Waals surface area contributed by atoms with E-state index in [0.717, 1.165) is 11.1 Å². The van der Waals surface area contributed by atoms with Crippen molar-refractivity contribution in [3.8, 4) is 0 Å². The average Bonchev–Trinajstić information content (AvgIpc) is 2.12. The van der Waals surface area contributed by atoms with E-state index in [4.69, 9.17) is 0 Å². The van der Waals surface area contributed by atoms with Gasteiger partial charge in [-0.2, -0.15) is 0 Å². The minimum Gasteiger partial charge on any atom is -0.377 e. The van der Waals surface area contributed by atoms with Crippen LogP contribution < -0.4 is 5.32 Å². The van der Waals surface area contributed by atoms with Crippen molar-refractivity contribution in [2.45, 2.75) is 33.7 Å². The molecule has 1 aromatic rings. The number of rotatable bonds is 3. The molecule has 0 aliphatic rings. The second kappa shape index (κ2) is 4.29. The van der Waals surface area contributed by atoms with Gasteiger partial charge in [-0.3, -0.25) is 10.1 Å². The van der Waals surface area contributed by atoms with Gasteiger partial charge in [0.25, 0.3) is 5.69 Å². The van der Waals surface area contributed by atoms with Crippen LogP contribution in [0.15, 0.2) is 12.1 Å². The van der Waals surface area contributed by atoms with Crippen molar-refractivity contribution in [2.75, 3.05) is 5.32 Å². The SMILES string of the molecule is Cc1ccc([N+](=O)[O-])c(NC(C)C)c1C. The molecule has 1 rings (SSSR count). The minimum atomic E-state index is -0.350. The van der Waals surface area contributed by atoms with Gasteiger partial charge < -0.3 is 5.32 Å². The van der Waals surface area contributed by atoms with Crippen LogP contribution in [0.2, 0.25) is 0 Å². The van der Waals surface area contributed by atoms with E-state index in [9.17, 15) is 10.1 Å². The molecule has 4 heteroatoms. The molecule has 0 atom stereocenters. The van der Waals surface area contributed by atoms with Crippen molar-refractivity contribution < 1.29 is 4.92 Å². The molecule has 0 saturated carbocycles. The molecule has 1 N–H and O–H groups in total. The first-order valence-corrected chi connectivity index (χ1v) is 4.94. The quantitative estimate of drug-likeness (QED) is 0.613. The summed E-state index contributed by atoms with van der Waals surface area (Å²) in [5.41, 5.74) is 2.78. The molecule has 0 unspecified atom stereocenters. The lowest BCUT2D eigenvalue weighted by Crippen LogP contribution is -2.13. The van der Waals surface area contributed by atoms with Crippen LogP contribution in [-0.2, 0) is 0 Å². The molecular formula is C11H16N2O2. The number of hydrogen-bond acceptors (Lipinski definition) is 3. The first kappa shape index (κ1) is 11.5. The van der Waals surface area contributed by atoms with Gasteiger partial charge in [-0.05, 0) is 38.8 Å². The zero-order valence-corrected chi connectivity index (χ0v) is 9.50. The molecular weight excluding hydrogens is 192 g/mol. The minimum absolute atomic E-state index is 0.145. The number of benzene rings is 1. The summed E-state index contributed by atoms with van der Waals surface area (Å²) in [7, 11) is 0. The summed E-state index contributed by atoms with van der Waals surface area (Å²) in [6, 6.07) is 3.51. The van der Waals surface area contributed by atoms with E-state index in [2.05, 4.69) is 5.32 Å². The summed E-state index contributed by atoms with van der Waals surface area (Å²) in [6.07, 6.45) is 0. The summed E-state index contributed by atoms with van der Waals surface area (Å²) in [5.74, 6) is 0. The second-order valence-electron chi connectivity index (χ2n) is 3.96. The monoisotopic (exact) mass is 208 g/mol. The van der Waals surface area contributed by atoms with Gasteiger partial charge >= 0.3 is 0 Å². The number of aryl methyl sites for hydroxylation is 1. The van der Waals surface area contributed by atoms with E-state index >= 15 is 0 Å². The van der Waals surface area contributed by atoms with Gasteiger partial charge in [-0.1, -0.05) is 6.07 Å². The van der Waals surface area contributed by atoms with Crippen molar-refractivity contribution in [3.05, 3.63) is 33.4 Å². The summed E-state index contributed by atoms with van der Waals surface area (Å²) < 4.78 is 0. The molecule has 0 radical (unpaired) electrons. The standard InChI is InChI=1S/C11H16N2O2/c1-7(2)12-11-9(4)8(3)5-6-10(11)13(14)15/h5-7,12H,1-4H3. The van der Waals surface area contributed by atoms with Crippen molar-refractivity contribution in [3.63, 3.8) is 0 Å². The molecule has 0 bridgehead atoms. The smallest absolute Gasteiger partial charge is 0.292 e. The van der Waals surface area contributed by atoms with Crippen LogP contribution in [-0.4, -0.2) is 11.0 Å². The topological polar surface area (TPSA) is 55.2 Å². The fraction of sp³-hybridized carbons (Fsp3) is 0.455. The molecule has 82 valence electrons. The maximum atomic E-state index is 10.8. The molecule has 15 heavy (non-hydrogen) atoms. The van der Waals surface area contributed by atoms with Crippen LogP contribution in [0.25, 0.3) is 0 Å². The lowest BCUT2D eigenvalue weighted by molar-refractivity contribution is -0.384. The number of nitro benzene ring substituents is 1. The molecule has 0 spiro atoms. The highest BCUT2D eigenvalue weighted by Gasteiger charge is 2.17. The van der Waals surface area contributed by atoms with Crippen LogP contribution in [0.4, 0.5) is 11.4 Å². The number of anilines is 1. The van der Waals surface area contributed by atoms with Crippen molar-refractivity contribution >= 4 is 11.4 Å². The van der Waals surface area contributed by atoms with Crippen molar-refractivity contribution in [1.29, 1.82) is 0 Å². The van der Waals surface area contributed by atoms with Gasteiger partial charge in [0.1, 0.15) is 5.69 Å². The van der Waals surface area contributed by atoms with Crippen LogP contribution in [0.1, 0.15) is 25.0 Å². The molecule has 4 nitrogen and oxygen atoms in total. The second-order valence-corrected chi connectivity index (χ2v) is 3.96. The van der Waals surface area contributed by atoms with Crippen molar-refractivity contribution in [2.24, 2.45) is 0 Å². The summed E-state index contributed by atoms with van der Waals surface area (Å²) in [5, 5.41) is 14.0. The van der Waals surface area contributed by atoms with E-state index in [1.807, 2.05) is 27.7 Å². The molecule has 0 fully saturated rings. The fourth-order valence-electron chi connectivity index (χ4n) is 1.42. The summed E-state index contributed by atoms with van der Waals surface area (Å²) in [4.78, 5) is 10.5. The summed E-state index contributed by atoms with van der Waals surface area (Å²) in [6.45, 7) is 7.77. The Morgan fingerprint density at radius 3 is 2.40 bits per heavy atom. The van der Waals surface area contributed by atoms with Gasteiger partial charge in [-0.25, -0.2) is 0 Å². The number of nitrogens with one attached hydrogen (secondary N) is 1. The third-order valence-corrected chi connectivity index (χ3v) is 2.34. The highest BCUT2D eigenvalue weighted by molar-refractivity contribution is 5.68. The van der Waals surface area contributed by atoms with Crippen LogP contribution in [0, 0.1) is 24.0 Å². The lowest BCUT2D eigenvalue weighted by atomic mass is 10.1. The van der Waals surface area contributed by atoms with Crippen LogP contribution in [0.3, 0.4) is 0 Å². The zero-order chi connectivity index (χ0) is 11.6. The molecule has 0 aromatic heterocycles. The molecule has 0 aliphatic carbocycles. The third kappa shape index (κ3) is 2.46. The molecule has 0 saturated heterocycles. The van der Waals surface area contributed by atoms with Gasteiger partial charge in [-0.15, -0.1) is 0 Å². The van der Waals surface area contributed by atoms with Crippen LogP contribution in [0.5, 0.6) is 0 Å². The van der Waals surface area contributed by atoms with E-state index in [1.165, 1.54) is 0 Å². The largest absolute Gasteiger partial charge is 0.377 e. The number of nitrogens with zero attached hydrogens (tertiary/aromatic N) is 1. The predicted octanol–water partition coefficient (Wildman–Crippen LogP) is 3.03. The Morgan fingerprint density at radius 1 is 1.33 bits per heavy atom. The Balaban J connectivity index is 3.28. The van der Waals surface area contributed by atoms with Crippen molar-refractivity contribution in [1.82, 2.24) is 0 Å². The molecule has 0 heterocycles. The third-order valence-electron chi connectivity index (χ3n) is 2.34. The molecule has 0 amide bonds. The van der Waals surface area contributed by atoms with Gasteiger partial charge in [0.05, 0.1) is 4.92 Å². The Bertz CT molecular complexity index is 386. The predicted molar refractivity (Wildman–Crippen MR) is 61.3 cm³/mol. The van der Waals surface area contributed by atoms with E-state index < -0.39 is 0 Å². The number of hydrogen-bond donors (Lipinski definition) is 1. The van der Waals surface area contributed by atoms with E-state index in [-0.39, 0.29) is 16.7 Å². The zero-order valence-electron chi connectivity index (χ0n) is 9.50. The Labute approximate surface area is 89.5 Å². The van der Waals surface area contributed by atoms with Gasteiger partial charge in [0, 0.05) is 12.1 Å². The summed E-state index contributed by atoms with van der Waals surface area (Å²) >= 11 is 0. The highest BCUT2D eigenvalue weighted by Crippen LogP contribution is 2.30. The van der Waals surface area contributed by atoms with Gasteiger partial charge in [0.15, 0.2) is 0 Å². The normalized spacial score (nSPS) is 10.5. The van der Waals surface area contributed by atoms with Gasteiger partial charge in [0.2, 0.25) is 0 Å². The Hall–Kier alpha value is -1.58. The first-order chi connectivity index (χ1) is 6.93. The average molecular weight is 208 g/mol. The maximum absolute atomic E-state index is 10.8. The Kier molecular flexibility index (Phi) is 3.29. The Morgan fingerprint density at radius 2 is 1.93 bits per heavy atom.